The second kappa shape index (κ2) is 14.6. The van der Waals surface area contributed by atoms with Crippen molar-refractivity contribution in [1.82, 2.24) is 25.4 Å². The van der Waals surface area contributed by atoms with Gasteiger partial charge in [0.1, 0.15) is 17.1 Å². The van der Waals surface area contributed by atoms with Gasteiger partial charge in [0.25, 0.3) is 11.8 Å². The van der Waals surface area contributed by atoms with Gasteiger partial charge in [0.2, 0.25) is 0 Å². The molecule has 2 aromatic heterocycles. The van der Waals surface area contributed by atoms with Crippen molar-refractivity contribution in [2.75, 3.05) is 23.5 Å². The maximum atomic E-state index is 14.2. The lowest BCUT2D eigenvalue weighted by Crippen LogP contribution is -2.70. The number of fused-ring (bicyclic) bond motifs is 1. The van der Waals surface area contributed by atoms with Gasteiger partial charge in [-0.25, -0.2) is 9.78 Å². The van der Waals surface area contributed by atoms with Crippen LogP contribution in [0.4, 0.5) is 5.13 Å². The van der Waals surface area contributed by atoms with Gasteiger partial charge in [-0.3, -0.25) is 14.5 Å². The number of benzene rings is 2. The molecule has 4 heterocycles. The van der Waals surface area contributed by atoms with E-state index < -0.39 is 35.3 Å². The fourth-order valence-corrected chi connectivity index (χ4v) is 9.57. The molecule has 0 radical (unpaired) electrons. The number of aromatic nitrogens is 3. The van der Waals surface area contributed by atoms with Crippen LogP contribution < -0.4 is 11.1 Å². The third-order valence-electron chi connectivity index (χ3n) is 7.04. The van der Waals surface area contributed by atoms with E-state index in [1.54, 1.807) is 5.38 Å². The minimum Gasteiger partial charge on any atom is -0.448 e. The summed E-state index contributed by atoms with van der Waals surface area (Å²) in [5.74, 6) is -0.780. The molecule has 16 heteroatoms. The average molecular weight is 729 g/mol. The molecule has 46 heavy (non-hydrogen) atoms. The molecule has 2 atom stereocenters. The Labute approximate surface area is 290 Å². The summed E-state index contributed by atoms with van der Waals surface area (Å²) < 4.78 is 7.82. The molecule has 0 bridgehead atoms. The number of nitrogen functional groups attached to an aromatic ring is 1. The molecule has 0 aliphatic carbocycles. The summed E-state index contributed by atoms with van der Waals surface area (Å²) in [6, 6.07) is 18.0. The Balaban J connectivity index is 1.28. The first kappa shape index (κ1) is 32.6. The highest BCUT2D eigenvalue weighted by Crippen LogP contribution is 2.43. The molecular weight excluding hydrogens is 704 g/mol. The molecule has 2 amide bonds. The van der Waals surface area contributed by atoms with E-state index in [1.807, 2.05) is 66.9 Å². The maximum absolute atomic E-state index is 14.2. The SMILES string of the molecule is CSc1nnc(SCC2=C(C(=O)OC(c3ccccc3)c3ccccc3)N3C(=O)C(NC(=O)C(=CCl)c4csc(N)n4)[C@H]3SC2)s1. The van der Waals surface area contributed by atoms with Gasteiger partial charge in [-0.1, -0.05) is 107 Å². The van der Waals surface area contributed by atoms with Crippen molar-refractivity contribution in [2.45, 2.75) is 26.2 Å². The monoisotopic (exact) mass is 728 g/mol. The van der Waals surface area contributed by atoms with Gasteiger partial charge in [-0.05, 0) is 23.0 Å². The summed E-state index contributed by atoms with van der Waals surface area (Å²) in [6.07, 6.45) is 1.23. The number of nitrogens with zero attached hydrogens (tertiary/aromatic N) is 4. The number of esters is 1. The van der Waals surface area contributed by atoms with Gasteiger partial charge in [0, 0.05) is 22.4 Å². The maximum Gasteiger partial charge on any atom is 0.356 e. The molecule has 4 aromatic rings. The molecule has 1 saturated heterocycles. The van der Waals surface area contributed by atoms with E-state index in [2.05, 4.69) is 20.5 Å². The number of nitrogens with one attached hydrogen (secondary N) is 1. The van der Waals surface area contributed by atoms with Crippen molar-refractivity contribution in [1.29, 1.82) is 0 Å². The highest BCUT2D eigenvalue weighted by molar-refractivity contribution is 8.03. The molecule has 0 saturated carbocycles. The molecule has 236 valence electrons. The highest BCUT2D eigenvalue weighted by Gasteiger charge is 2.54. The first-order chi connectivity index (χ1) is 22.4. The van der Waals surface area contributed by atoms with E-state index in [-0.39, 0.29) is 16.4 Å². The number of amides is 2. The van der Waals surface area contributed by atoms with Gasteiger partial charge < -0.3 is 15.8 Å². The lowest BCUT2D eigenvalue weighted by atomic mass is 10.0. The normalized spacial score (nSPS) is 17.9. The van der Waals surface area contributed by atoms with Crippen LogP contribution in [0.1, 0.15) is 22.9 Å². The van der Waals surface area contributed by atoms with E-state index in [0.717, 1.165) is 30.9 Å². The molecule has 2 aromatic carbocycles. The molecule has 2 aliphatic heterocycles. The van der Waals surface area contributed by atoms with Crippen LogP contribution in [0.25, 0.3) is 5.57 Å². The van der Waals surface area contributed by atoms with Crippen LogP contribution in [0, 0.1) is 0 Å². The van der Waals surface area contributed by atoms with Gasteiger partial charge in [-0.15, -0.1) is 33.3 Å². The number of rotatable bonds is 11. The van der Waals surface area contributed by atoms with Crippen LogP contribution in [-0.2, 0) is 19.1 Å². The molecule has 1 unspecified atom stereocenters. The van der Waals surface area contributed by atoms with Crippen molar-refractivity contribution >= 4 is 98.0 Å². The van der Waals surface area contributed by atoms with Crippen molar-refractivity contribution in [2.24, 2.45) is 0 Å². The van der Waals surface area contributed by atoms with Gasteiger partial charge >= 0.3 is 5.97 Å². The smallest absolute Gasteiger partial charge is 0.356 e. The Morgan fingerprint density at radius 1 is 1.13 bits per heavy atom. The number of nitrogens with two attached hydrogens (primary N) is 1. The Morgan fingerprint density at radius 3 is 2.39 bits per heavy atom. The number of carbonyl (C=O) groups excluding carboxylic acids is 3. The summed E-state index contributed by atoms with van der Waals surface area (Å²) in [5.41, 5.74) is 9.75. The van der Waals surface area contributed by atoms with E-state index in [4.69, 9.17) is 22.1 Å². The fourth-order valence-electron chi connectivity index (χ4n) is 4.87. The number of hydrogen-bond acceptors (Lipinski definition) is 13. The predicted octanol–water partition coefficient (Wildman–Crippen LogP) is 5.66. The number of ether oxygens (including phenoxy) is 1. The zero-order valence-corrected chi connectivity index (χ0v) is 28.8. The Hall–Kier alpha value is -3.34. The largest absolute Gasteiger partial charge is 0.448 e. The molecule has 1 fully saturated rings. The number of β-lactam (4-membered cyclic amide) rings is 1. The molecule has 10 nitrogen and oxygen atoms in total. The first-order valence-electron chi connectivity index (χ1n) is 13.7. The summed E-state index contributed by atoms with van der Waals surface area (Å²) >= 11 is 13.0. The zero-order chi connectivity index (χ0) is 32.2. The minimum atomic E-state index is -0.886. The molecule has 2 aliphatic rings. The highest BCUT2D eigenvalue weighted by atomic mass is 35.5. The van der Waals surface area contributed by atoms with Gasteiger partial charge in [0.15, 0.2) is 19.9 Å². The zero-order valence-electron chi connectivity index (χ0n) is 24.0. The third-order valence-corrected chi connectivity index (χ3v) is 12.4. The van der Waals surface area contributed by atoms with Crippen LogP contribution in [0.15, 0.2) is 91.5 Å². The van der Waals surface area contributed by atoms with Crippen molar-refractivity contribution in [3.05, 3.63) is 99.7 Å². The van der Waals surface area contributed by atoms with E-state index in [1.165, 1.54) is 62.9 Å². The van der Waals surface area contributed by atoms with Crippen LogP contribution in [0.2, 0.25) is 0 Å². The van der Waals surface area contributed by atoms with E-state index in [0.29, 0.717) is 17.2 Å². The van der Waals surface area contributed by atoms with Crippen LogP contribution >= 0.6 is 69.6 Å². The van der Waals surface area contributed by atoms with E-state index >= 15 is 0 Å². The Kier molecular flexibility index (Phi) is 10.4. The second-order valence-electron chi connectivity index (χ2n) is 9.84. The van der Waals surface area contributed by atoms with Crippen molar-refractivity contribution < 1.29 is 19.1 Å². The van der Waals surface area contributed by atoms with E-state index in [9.17, 15) is 14.4 Å². The summed E-state index contributed by atoms with van der Waals surface area (Å²) in [7, 11) is 0. The minimum absolute atomic E-state index is 0.0872. The number of thiazole rings is 1. The number of halogens is 1. The van der Waals surface area contributed by atoms with Crippen molar-refractivity contribution in [3.8, 4) is 0 Å². The first-order valence-corrected chi connectivity index (χ1v) is 19.1. The summed E-state index contributed by atoms with van der Waals surface area (Å²) in [6.45, 7) is 0. The number of thioether (sulfide) groups is 3. The van der Waals surface area contributed by atoms with Crippen LogP contribution in [0.5, 0.6) is 0 Å². The van der Waals surface area contributed by atoms with Gasteiger partial charge in [-0.2, -0.15) is 0 Å². The Morgan fingerprint density at radius 2 is 1.80 bits per heavy atom. The Bertz CT molecular complexity index is 1780. The molecule has 0 spiro atoms. The van der Waals surface area contributed by atoms with Gasteiger partial charge in [0.05, 0.1) is 11.3 Å². The average Bonchev–Trinajstić information content (AvgIpc) is 3.74. The number of carbonyl (C=O) groups is 3. The topological polar surface area (TPSA) is 140 Å². The predicted molar refractivity (Wildman–Crippen MR) is 186 cm³/mol. The van der Waals surface area contributed by atoms with Crippen LogP contribution in [0.3, 0.4) is 0 Å². The number of anilines is 1. The third kappa shape index (κ3) is 6.85. The quantitative estimate of drug-likeness (QED) is 0.0856. The van der Waals surface area contributed by atoms with Crippen LogP contribution in [-0.4, -0.2) is 67.0 Å². The van der Waals surface area contributed by atoms with Crippen molar-refractivity contribution in [3.63, 3.8) is 0 Å². The molecular formula is C30H25ClN6O4S5. The lowest BCUT2D eigenvalue weighted by Gasteiger charge is -2.49. The second-order valence-corrected chi connectivity index (χ2v) is 15.3. The summed E-state index contributed by atoms with van der Waals surface area (Å²) in [4.78, 5) is 46.7. The molecule has 3 N–H and O–H groups in total. The summed E-state index contributed by atoms with van der Waals surface area (Å²) in [5, 5.41) is 12.5. The standard InChI is InChI=1S/C30H25ClN6O4S5/c1-42-29-35-36-30(46-29)45-14-18-13-43-26-21(34-24(38)19(12-31)20-15-44-28(32)33-20)25(39)37(26)22(18)27(40)41-23(16-8-4-2-5-9-16)17-10-6-3-7-11-17/h2-12,15,21,23,26H,13-14H2,1H3,(H2,32,33)(H,34,38)/t21?,26-/m1/s1. The number of hydrogen-bond donors (Lipinski definition) is 2. The fraction of sp³-hybridized carbons (Fsp3) is 0.200. The molecule has 6 rings (SSSR count). The lowest BCUT2D eigenvalue weighted by molar-refractivity contribution is -0.154.